The maximum Gasteiger partial charge on any atom is 0.0575 e. The summed E-state index contributed by atoms with van der Waals surface area (Å²) in [6, 6.07) is 5.52. The Balaban J connectivity index is 2.18. The fourth-order valence-corrected chi connectivity index (χ4v) is 1.46. The standard InChI is InChI=1S/C12H23N5/c1-17(2)8-7-15-5-6-16-12-4-3-10(13)9-11(12)14/h3-4,9,15-16H,5-8,13-14H2,1-2H3. The average Bonchev–Trinajstić information content (AvgIpc) is 2.25. The molecule has 0 atom stereocenters. The molecule has 5 nitrogen and oxygen atoms in total. The summed E-state index contributed by atoms with van der Waals surface area (Å²) in [6.07, 6.45) is 0. The maximum atomic E-state index is 5.83. The van der Waals surface area contributed by atoms with Crippen molar-refractivity contribution in [3.05, 3.63) is 18.2 Å². The molecule has 0 unspecified atom stereocenters. The van der Waals surface area contributed by atoms with Crippen molar-refractivity contribution in [3.8, 4) is 0 Å². The Labute approximate surface area is 103 Å². The van der Waals surface area contributed by atoms with E-state index in [-0.39, 0.29) is 0 Å². The van der Waals surface area contributed by atoms with Gasteiger partial charge in [0.2, 0.25) is 0 Å². The monoisotopic (exact) mass is 237 g/mol. The molecule has 0 radical (unpaired) electrons. The average molecular weight is 237 g/mol. The molecule has 0 saturated carbocycles. The van der Waals surface area contributed by atoms with Gasteiger partial charge in [-0.15, -0.1) is 0 Å². The van der Waals surface area contributed by atoms with Gasteiger partial charge in [-0.1, -0.05) is 0 Å². The van der Waals surface area contributed by atoms with Crippen LogP contribution in [0.25, 0.3) is 0 Å². The van der Waals surface area contributed by atoms with Crippen LogP contribution in [0.1, 0.15) is 0 Å². The molecular weight excluding hydrogens is 214 g/mol. The van der Waals surface area contributed by atoms with E-state index in [1.165, 1.54) is 0 Å². The van der Waals surface area contributed by atoms with E-state index in [4.69, 9.17) is 11.5 Å². The van der Waals surface area contributed by atoms with Crippen LogP contribution in [-0.2, 0) is 0 Å². The van der Waals surface area contributed by atoms with Gasteiger partial charge in [0.1, 0.15) is 0 Å². The molecule has 0 amide bonds. The van der Waals surface area contributed by atoms with E-state index < -0.39 is 0 Å². The number of rotatable bonds is 7. The summed E-state index contributed by atoms with van der Waals surface area (Å²) < 4.78 is 0. The zero-order valence-corrected chi connectivity index (χ0v) is 10.7. The first kappa shape index (κ1) is 13.6. The molecule has 0 aliphatic heterocycles. The van der Waals surface area contributed by atoms with E-state index in [2.05, 4.69) is 29.6 Å². The summed E-state index contributed by atoms with van der Waals surface area (Å²) >= 11 is 0. The van der Waals surface area contributed by atoms with Crippen LogP contribution < -0.4 is 22.1 Å². The smallest absolute Gasteiger partial charge is 0.0575 e. The van der Waals surface area contributed by atoms with Gasteiger partial charge in [-0.05, 0) is 32.3 Å². The molecule has 0 aromatic heterocycles. The Kier molecular flexibility index (Phi) is 5.59. The molecule has 0 fully saturated rings. The molecular formula is C12H23N5. The highest BCUT2D eigenvalue weighted by atomic mass is 15.1. The van der Waals surface area contributed by atoms with Gasteiger partial charge in [-0.25, -0.2) is 0 Å². The van der Waals surface area contributed by atoms with Gasteiger partial charge in [0.15, 0.2) is 0 Å². The summed E-state index contributed by atoms with van der Waals surface area (Å²) in [5, 5.41) is 6.62. The molecule has 6 N–H and O–H groups in total. The van der Waals surface area contributed by atoms with Gasteiger partial charge in [-0.2, -0.15) is 0 Å². The first-order valence-corrected chi connectivity index (χ1v) is 5.84. The lowest BCUT2D eigenvalue weighted by Crippen LogP contribution is -2.30. The molecule has 1 aromatic rings. The first-order chi connectivity index (χ1) is 8.09. The molecule has 0 saturated heterocycles. The van der Waals surface area contributed by atoms with Crippen molar-refractivity contribution in [2.24, 2.45) is 0 Å². The normalized spacial score (nSPS) is 10.8. The number of nitrogens with one attached hydrogen (secondary N) is 2. The first-order valence-electron chi connectivity index (χ1n) is 5.84. The zero-order chi connectivity index (χ0) is 12.7. The summed E-state index contributed by atoms with van der Waals surface area (Å²) in [5.74, 6) is 0. The van der Waals surface area contributed by atoms with Crippen LogP contribution in [-0.4, -0.2) is 45.2 Å². The van der Waals surface area contributed by atoms with Gasteiger partial charge in [0.05, 0.1) is 11.4 Å². The number of likely N-dealkylation sites (N-methyl/N-ethyl adjacent to an activating group) is 1. The lowest BCUT2D eigenvalue weighted by Gasteiger charge is -2.12. The van der Waals surface area contributed by atoms with Gasteiger partial charge in [0.25, 0.3) is 0 Å². The van der Waals surface area contributed by atoms with Crippen LogP contribution in [0.4, 0.5) is 17.1 Å². The van der Waals surface area contributed by atoms with Crippen molar-refractivity contribution in [3.63, 3.8) is 0 Å². The highest BCUT2D eigenvalue weighted by Crippen LogP contribution is 2.20. The third kappa shape index (κ3) is 5.42. The quantitative estimate of drug-likeness (QED) is 0.408. The number of anilines is 3. The van der Waals surface area contributed by atoms with E-state index in [9.17, 15) is 0 Å². The highest BCUT2D eigenvalue weighted by molar-refractivity contribution is 5.70. The second-order valence-corrected chi connectivity index (χ2v) is 4.33. The third-order valence-corrected chi connectivity index (χ3v) is 2.43. The molecule has 0 aliphatic rings. The van der Waals surface area contributed by atoms with E-state index >= 15 is 0 Å². The van der Waals surface area contributed by atoms with Crippen molar-refractivity contribution in [1.29, 1.82) is 0 Å². The fourth-order valence-electron chi connectivity index (χ4n) is 1.46. The van der Waals surface area contributed by atoms with Crippen molar-refractivity contribution < 1.29 is 0 Å². The van der Waals surface area contributed by atoms with Crippen molar-refractivity contribution in [2.75, 3.05) is 57.1 Å². The number of nitrogen functional groups attached to an aromatic ring is 2. The maximum absolute atomic E-state index is 5.83. The van der Waals surface area contributed by atoms with E-state index in [1.807, 2.05) is 12.1 Å². The van der Waals surface area contributed by atoms with Gasteiger partial charge in [0, 0.05) is 31.9 Å². The van der Waals surface area contributed by atoms with Crippen molar-refractivity contribution >= 4 is 17.1 Å². The SMILES string of the molecule is CN(C)CCNCCNc1ccc(N)cc1N. The Morgan fingerprint density at radius 1 is 1.12 bits per heavy atom. The van der Waals surface area contributed by atoms with E-state index in [0.717, 1.165) is 31.9 Å². The minimum Gasteiger partial charge on any atom is -0.399 e. The minimum absolute atomic E-state index is 0.692. The summed E-state index contributed by atoms with van der Waals surface area (Å²) in [5.41, 5.74) is 13.8. The lowest BCUT2D eigenvalue weighted by molar-refractivity contribution is 0.402. The van der Waals surface area contributed by atoms with Gasteiger partial charge < -0.3 is 27.0 Å². The molecule has 0 heterocycles. The molecule has 0 bridgehead atoms. The summed E-state index contributed by atoms with van der Waals surface area (Å²) in [7, 11) is 4.13. The molecule has 5 heteroatoms. The number of nitrogens with zero attached hydrogens (tertiary/aromatic N) is 1. The highest BCUT2D eigenvalue weighted by Gasteiger charge is 1.98. The topological polar surface area (TPSA) is 79.3 Å². The molecule has 1 rings (SSSR count). The van der Waals surface area contributed by atoms with Crippen molar-refractivity contribution in [2.45, 2.75) is 0 Å². The van der Waals surface area contributed by atoms with E-state index in [0.29, 0.717) is 11.4 Å². The predicted octanol–water partition coefficient (Wildman–Crippen LogP) is 0.414. The Morgan fingerprint density at radius 3 is 2.53 bits per heavy atom. The van der Waals surface area contributed by atoms with Crippen LogP contribution in [0, 0.1) is 0 Å². The van der Waals surface area contributed by atoms with Crippen LogP contribution in [0.2, 0.25) is 0 Å². The number of nitrogens with two attached hydrogens (primary N) is 2. The minimum atomic E-state index is 0.692. The Bertz CT molecular complexity index is 338. The molecule has 1 aromatic carbocycles. The molecule has 96 valence electrons. The number of hydrogen-bond acceptors (Lipinski definition) is 5. The Hall–Kier alpha value is -1.46. The number of benzene rings is 1. The van der Waals surface area contributed by atoms with Crippen molar-refractivity contribution in [1.82, 2.24) is 10.2 Å². The van der Waals surface area contributed by atoms with E-state index in [1.54, 1.807) is 6.07 Å². The second-order valence-electron chi connectivity index (χ2n) is 4.33. The summed E-state index contributed by atoms with van der Waals surface area (Å²) in [4.78, 5) is 2.15. The zero-order valence-electron chi connectivity index (χ0n) is 10.7. The van der Waals surface area contributed by atoms with Gasteiger partial charge in [-0.3, -0.25) is 0 Å². The molecule has 17 heavy (non-hydrogen) atoms. The lowest BCUT2D eigenvalue weighted by atomic mass is 10.2. The fraction of sp³-hybridized carbons (Fsp3) is 0.500. The van der Waals surface area contributed by atoms with Crippen LogP contribution in [0.5, 0.6) is 0 Å². The summed E-state index contributed by atoms with van der Waals surface area (Å²) in [6.45, 7) is 3.80. The van der Waals surface area contributed by atoms with Crippen LogP contribution in [0.15, 0.2) is 18.2 Å². The third-order valence-electron chi connectivity index (χ3n) is 2.43. The Morgan fingerprint density at radius 2 is 1.88 bits per heavy atom. The van der Waals surface area contributed by atoms with Crippen LogP contribution >= 0.6 is 0 Å². The largest absolute Gasteiger partial charge is 0.399 e. The molecule has 0 aliphatic carbocycles. The predicted molar refractivity (Wildman–Crippen MR) is 75.2 cm³/mol. The van der Waals surface area contributed by atoms with Gasteiger partial charge >= 0.3 is 0 Å². The second kappa shape index (κ2) is 6.98. The number of hydrogen-bond donors (Lipinski definition) is 4. The van der Waals surface area contributed by atoms with Crippen LogP contribution in [0.3, 0.4) is 0 Å². The molecule has 0 spiro atoms.